The summed E-state index contributed by atoms with van der Waals surface area (Å²) in [5, 5.41) is 34.0. The van der Waals surface area contributed by atoms with Gasteiger partial charge in [-0.3, -0.25) is 19.2 Å². The number of aliphatic hydroxyl groups excluding tert-OH is 1. The van der Waals surface area contributed by atoms with Crippen LogP contribution in [0.4, 0.5) is 0 Å². The number of carbonyl (C=O) groups excluding carboxylic acids is 3. The van der Waals surface area contributed by atoms with Crippen molar-refractivity contribution in [3.63, 3.8) is 0 Å². The van der Waals surface area contributed by atoms with Gasteiger partial charge in [-0.15, -0.1) is 0 Å². The van der Waals surface area contributed by atoms with Gasteiger partial charge in [-0.25, -0.2) is 4.79 Å². The number of rotatable bonds is 15. The topological polar surface area (TPSA) is 208 Å². The number of carboxylic acid groups (broad SMARTS) is 2. The Kier molecular flexibility index (Phi) is 13.5. The summed E-state index contributed by atoms with van der Waals surface area (Å²) in [6.45, 7) is 2.65. The van der Waals surface area contributed by atoms with Crippen LogP contribution in [0, 0.1) is 5.92 Å². The maximum Gasteiger partial charge on any atom is 0.328 e. The first kappa shape index (κ1) is 28.6. The van der Waals surface area contributed by atoms with Crippen molar-refractivity contribution in [2.75, 3.05) is 18.6 Å². The van der Waals surface area contributed by atoms with E-state index in [9.17, 15) is 24.0 Å². The minimum absolute atomic E-state index is 0.177. The van der Waals surface area contributed by atoms with Crippen LogP contribution in [-0.4, -0.2) is 87.8 Å². The first-order valence-electron chi connectivity index (χ1n) is 9.69. The standard InChI is InChI=1S/C18H32N4O8S/c1-4-9(2)14(22-15(26)10(19)7-13(24)25)17(28)20-11(5-6-31-3)16(27)21-12(8-23)18(29)30/h9-12,14,23H,4-8,19H2,1-3H3,(H,20,28)(H,21,27)(H,22,26)(H,24,25)(H,29,30). The van der Waals surface area contributed by atoms with Crippen molar-refractivity contribution < 1.29 is 39.3 Å². The molecule has 0 saturated carbocycles. The molecular formula is C18H32N4O8S. The fraction of sp³-hybridized carbons (Fsp3) is 0.722. The number of amides is 3. The van der Waals surface area contributed by atoms with E-state index in [2.05, 4.69) is 16.0 Å². The van der Waals surface area contributed by atoms with Gasteiger partial charge in [0.05, 0.1) is 19.1 Å². The number of carbonyl (C=O) groups is 5. The largest absolute Gasteiger partial charge is 0.481 e. The molecule has 0 aliphatic heterocycles. The van der Waals surface area contributed by atoms with Crippen molar-refractivity contribution >= 4 is 41.4 Å². The van der Waals surface area contributed by atoms with E-state index in [1.165, 1.54) is 11.8 Å². The second-order valence-corrected chi connectivity index (χ2v) is 7.99. The summed E-state index contributed by atoms with van der Waals surface area (Å²) in [7, 11) is 0. The Bertz CT molecular complexity index is 648. The number of hydrogen-bond acceptors (Lipinski definition) is 8. The zero-order valence-electron chi connectivity index (χ0n) is 17.8. The maximum atomic E-state index is 12.9. The van der Waals surface area contributed by atoms with E-state index in [-0.39, 0.29) is 12.3 Å². The number of nitrogens with one attached hydrogen (secondary N) is 3. The Morgan fingerprint density at radius 2 is 1.55 bits per heavy atom. The Morgan fingerprint density at radius 3 is 2.00 bits per heavy atom. The molecule has 0 aromatic heterocycles. The molecule has 178 valence electrons. The van der Waals surface area contributed by atoms with E-state index in [0.29, 0.717) is 12.2 Å². The summed E-state index contributed by atoms with van der Waals surface area (Å²) in [4.78, 5) is 59.4. The summed E-state index contributed by atoms with van der Waals surface area (Å²) in [6.07, 6.45) is 1.84. The minimum Gasteiger partial charge on any atom is -0.481 e. The van der Waals surface area contributed by atoms with Crippen LogP contribution in [-0.2, 0) is 24.0 Å². The molecule has 5 unspecified atom stereocenters. The molecule has 0 bridgehead atoms. The van der Waals surface area contributed by atoms with E-state index in [0.717, 1.165) is 0 Å². The molecular weight excluding hydrogens is 432 g/mol. The fourth-order valence-corrected chi connectivity index (χ4v) is 2.94. The van der Waals surface area contributed by atoms with Gasteiger partial charge >= 0.3 is 11.9 Å². The van der Waals surface area contributed by atoms with Crippen LogP contribution in [0.2, 0.25) is 0 Å². The molecule has 0 spiro atoms. The zero-order chi connectivity index (χ0) is 24.1. The van der Waals surface area contributed by atoms with Gasteiger partial charge in [0.15, 0.2) is 0 Å². The summed E-state index contributed by atoms with van der Waals surface area (Å²) in [6, 6.07) is -5.08. The zero-order valence-corrected chi connectivity index (χ0v) is 18.6. The quantitative estimate of drug-likeness (QED) is 0.143. The molecule has 0 saturated heterocycles. The molecule has 0 aromatic carbocycles. The van der Waals surface area contributed by atoms with Crippen LogP contribution in [0.5, 0.6) is 0 Å². The minimum atomic E-state index is -1.53. The average molecular weight is 465 g/mol. The van der Waals surface area contributed by atoms with Crippen LogP contribution < -0.4 is 21.7 Å². The Balaban J connectivity index is 5.43. The number of aliphatic carboxylic acids is 2. The van der Waals surface area contributed by atoms with E-state index >= 15 is 0 Å². The lowest BCUT2D eigenvalue weighted by Crippen LogP contribution is -2.59. The lowest BCUT2D eigenvalue weighted by molar-refractivity contribution is -0.143. The van der Waals surface area contributed by atoms with Gasteiger partial charge in [0, 0.05) is 0 Å². The van der Waals surface area contributed by atoms with E-state index < -0.39 is 66.9 Å². The highest BCUT2D eigenvalue weighted by molar-refractivity contribution is 7.98. The third kappa shape index (κ3) is 10.5. The molecule has 0 aromatic rings. The molecule has 0 fully saturated rings. The Morgan fingerprint density at radius 1 is 0.968 bits per heavy atom. The molecule has 13 heteroatoms. The number of aliphatic hydroxyl groups is 1. The van der Waals surface area contributed by atoms with Gasteiger partial charge in [0.25, 0.3) is 0 Å². The second-order valence-electron chi connectivity index (χ2n) is 7.00. The molecule has 0 aliphatic rings. The van der Waals surface area contributed by atoms with Crippen molar-refractivity contribution in [2.45, 2.75) is 57.3 Å². The van der Waals surface area contributed by atoms with Crippen molar-refractivity contribution in [2.24, 2.45) is 11.7 Å². The van der Waals surface area contributed by atoms with Crippen molar-refractivity contribution in [3.8, 4) is 0 Å². The van der Waals surface area contributed by atoms with Crippen LogP contribution in [0.3, 0.4) is 0 Å². The average Bonchev–Trinajstić information content (AvgIpc) is 2.71. The van der Waals surface area contributed by atoms with E-state index in [1.54, 1.807) is 20.1 Å². The van der Waals surface area contributed by atoms with E-state index in [4.69, 9.17) is 21.1 Å². The van der Waals surface area contributed by atoms with Gasteiger partial charge in [0.2, 0.25) is 17.7 Å². The van der Waals surface area contributed by atoms with Gasteiger partial charge in [-0.1, -0.05) is 20.3 Å². The number of thioether (sulfide) groups is 1. The lowest BCUT2D eigenvalue weighted by Gasteiger charge is -2.27. The number of carboxylic acids is 2. The first-order valence-corrected chi connectivity index (χ1v) is 11.1. The van der Waals surface area contributed by atoms with Crippen LogP contribution in [0.25, 0.3) is 0 Å². The first-order chi connectivity index (χ1) is 14.5. The molecule has 8 N–H and O–H groups in total. The lowest BCUT2D eigenvalue weighted by atomic mass is 9.97. The van der Waals surface area contributed by atoms with Crippen LogP contribution in [0.15, 0.2) is 0 Å². The third-order valence-electron chi connectivity index (χ3n) is 4.57. The molecule has 3 amide bonds. The van der Waals surface area contributed by atoms with Gasteiger partial charge in [0.1, 0.15) is 18.1 Å². The van der Waals surface area contributed by atoms with Gasteiger partial charge in [-0.2, -0.15) is 11.8 Å². The Labute approximate surface area is 184 Å². The monoisotopic (exact) mass is 464 g/mol. The molecule has 31 heavy (non-hydrogen) atoms. The smallest absolute Gasteiger partial charge is 0.328 e. The third-order valence-corrected chi connectivity index (χ3v) is 5.21. The highest BCUT2D eigenvalue weighted by Gasteiger charge is 2.32. The van der Waals surface area contributed by atoms with Crippen molar-refractivity contribution in [1.82, 2.24) is 16.0 Å². The van der Waals surface area contributed by atoms with E-state index in [1.807, 2.05) is 0 Å². The van der Waals surface area contributed by atoms with Crippen LogP contribution >= 0.6 is 11.8 Å². The van der Waals surface area contributed by atoms with Gasteiger partial charge in [-0.05, 0) is 24.3 Å². The highest BCUT2D eigenvalue weighted by atomic mass is 32.2. The molecule has 5 atom stereocenters. The summed E-state index contributed by atoms with van der Waals surface area (Å²) >= 11 is 1.41. The normalized spacial score (nSPS) is 15.6. The predicted octanol–water partition coefficient (Wildman–Crippen LogP) is -1.88. The predicted molar refractivity (Wildman–Crippen MR) is 113 cm³/mol. The maximum absolute atomic E-state index is 12.9. The second kappa shape index (κ2) is 14.6. The molecule has 0 radical (unpaired) electrons. The van der Waals surface area contributed by atoms with Crippen molar-refractivity contribution in [1.29, 1.82) is 0 Å². The highest BCUT2D eigenvalue weighted by Crippen LogP contribution is 2.10. The van der Waals surface area contributed by atoms with Gasteiger partial charge < -0.3 is 37.0 Å². The fourth-order valence-electron chi connectivity index (χ4n) is 2.47. The molecule has 0 aliphatic carbocycles. The molecule has 0 heterocycles. The number of hydrogen-bond donors (Lipinski definition) is 7. The molecule has 0 rings (SSSR count). The summed E-state index contributed by atoms with van der Waals surface area (Å²) in [5.74, 6) is -4.89. The SMILES string of the molecule is CCC(C)C(NC(=O)C(N)CC(=O)O)C(=O)NC(CCSC)C(=O)NC(CO)C(=O)O. The number of nitrogens with two attached hydrogens (primary N) is 1. The van der Waals surface area contributed by atoms with Crippen LogP contribution in [0.1, 0.15) is 33.1 Å². The van der Waals surface area contributed by atoms with Crippen molar-refractivity contribution in [3.05, 3.63) is 0 Å². The molecule has 12 nitrogen and oxygen atoms in total. The Hall–Kier alpha value is -2.38. The summed E-state index contributed by atoms with van der Waals surface area (Å²) in [5.41, 5.74) is 5.55. The summed E-state index contributed by atoms with van der Waals surface area (Å²) < 4.78 is 0.